The molecule has 104 valence electrons. The largest absolute Gasteiger partial charge is 0.480 e. The molecule has 0 saturated heterocycles. The van der Waals surface area contributed by atoms with Crippen LogP contribution in [0.4, 0.5) is 0 Å². The number of carboxylic acids is 1. The van der Waals surface area contributed by atoms with Crippen molar-refractivity contribution in [2.24, 2.45) is 0 Å². The Bertz CT molecular complexity index is 458. The molecule has 0 bridgehead atoms. The molecule has 0 aliphatic rings. The van der Waals surface area contributed by atoms with Gasteiger partial charge in [-0.05, 0) is 18.4 Å². The predicted molar refractivity (Wildman–Crippen MR) is 67.9 cm³/mol. The van der Waals surface area contributed by atoms with E-state index < -0.39 is 29.9 Å². The molecule has 2 atom stereocenters. The molecule has 0 aromatic carbocycles. The maximum absolute atomic E-state index is 11.5. The van der Waals surface area contributed by atoms with Gasteiger partial charge in [0.1, 0.15) is 0 Å². The van der Waals surface area contributed by atoms with E-state index in [1.54, 1.807) is 17.5 Å². The summed E-state index contributed by atoms with van der Waals surface area (Å²) in [6.45, 7) is 0.899. The summed E-state index contributed by atoms with van der Waals surface area (Å²) in [6, 6.07) is 1.91. The Morgan fingerprint density at radius 1 is 1.42 bits per heavy atom. The van der Waals surface area contributed by atoms with Crippen LogP contribution in [0.1, 0.15) is 16.6 Å². The van der Waals surface area contributed by atoms with E-state index in [1.165, 1.54) is 18.3 Å². The van der Waals surface area contributed by atoms with E-state index in [0.29, 0.717) is 4.88 Å². The van der Waals surface area contributed by atoms with Crippen LogP contribution in [0.2, 0.25) is 0 Å². The van der Waals surface area contributed by atoms with Gasteiger partial charge in [0.05, 0.1) is 17.5 Å². The van der Waals surface area contributed by atoms with Gasteiger partial charge in [-0.2, -0.15) is 0 Å². The van der Waals surface area contributed by atoms with E-state index in [9.17, 15) is 19.5 Å². The van der Waals surface area contributed by atoms with Crippen molar-refractivity contribution in [3.05, 3.63) is 22.4 Å². The molecule has 1 aromatic rings. The zero-order valence-electron chi connectivity index (χ0n) is 10.1. The zero-order chi connectivity index (χ0) is 14.4. The quantitative estimate of drug-likeness (QED) is 0.559. The van der Waals surface area contributed by atoms with Gasteiger partial charge in [-0.1, -0.05) is 6.07 Å². The van der Waals surface area contributed by atoms with Crippen molar-refractivity contribution in [3.63, 3.8) is 0 Å². The molecule has 7 nitrogen and oxygen atoms in total. The van der Waals surface area contributed by atoms with E-state index in [2.05, 4.69) is 10.6 Å². The lowest BCUT2D eigenvalue weighted by Gasteiger charge is -2.17. The van der Waals surface area contributed by atoms with Crippen LogP contribution in [0.15, 0.2) is 17.5 Å². The number of aliphatic hydroxyl groups excluding tert-OH is 1. The first kappa shape index (κ1) is 15.1. The SMILES string of the molecule is C[C@@H](O)[C@H](NC(=O)CNC(=O)c1cccs1)C(=O)O. The van der Waals surface area contributed by atoms with E-state index in [1.807, 2.05) is 0 Å². The second kappa shape index (κ2) is 6.86. The van der Waals surface area contributed by atoms with Crippen molar-refractivity contribution in [1.29, 1.82) is 0 Å². The van der Waals surface area contributed by atoms with Crippen LogP contribution in [-0.4, -0.2) is 46.7 Å². The number of thiophene rings is 1. The third-order valence-corrected chi connectivity index (χ3v) is 3.09. The minimum absolute atomic E-state index is 0.354. The van der Waals surface area contributed by atoms with Gasteiger partial charge in [-0.25, -0.2) is 4.79 Å². The fraction of sp³-hybridized carbons (Fsp3) is 0.364. The van der Waals surface area contributed by atoms with Gasteiger partial charge in [0.25, 0.3) is 5.91 Å². The van der Waals surface area contributed by atoms with Crippen molar-refractivity contribution in [2.45, 2.75) is 19.1 Å². The van der Waals surface area contributed by atoms with Crippen molar-refractivity contribution in [2.75, 3.05) is 6.54 Å². The Balaban J connectivity index is 2.43. The number of nitrogens with one attached hydrogen (secondary N) is 2. The van der Waals surface area contributed by atoms with Gasteiger partial charge in [-0.3, -0.25) is 9.59 Å². The van der Waals surface area contributed by atoms with Gasteiger partial charge in [0.2, 0.25) is 5.91 Å². The van der Waals surface area contributed by atoms with Crippen molar-refractivity contribution in [1.82, 2.24) is 10.6 Å². The first-order valence-electron chi connectivity index (χ1n) is 5.43. The zero-order valence-corrected chi connectivity index (χ0v) is 10.9. The van der Waals surface area contributed by atoms with Gasteiger partial charge in [0.15, 0.2) is 6.04 Å². The van der Waals surface area contributed by atoms with E-state index >= 15 is 0 Å². The third-order valence-electron chi connectivity index (χ3n) is 2.22. The van der Waals surface area contributed by atoms with Gasteiger partial charge < -0.3 is 20.8 Å². The number of aliphatic hydroxyl groups is 1. The molecule has 0 unspecified atom stereocenters. The summed E-state index contributed by atoms with van der Waals surface area (Å²) in [6.07, 6.45) is -1.23. The smallest absolute Gasteiger partial charge is 0.328 e. The first-order valence-corrected chi connectivity index (χ1v) is 6.31. The van der Waals surface area contributed by atoms with Crippen LogP contribution < -0.4 is 10.6 Å². The van der Waals surface area contributed by atoms with Crippen LogP contribution in [0.25, 0.3) is 0 Å². The van der Waals surface area contributed by atoms with Crippen molar-refractivity contribution < 1.29 is 24.6 Å². The maximum atomic E-state index is 11.5. The standard InChI is InChI=1S/C11H14N2O5S/c1-6(14)9(11(17)18)13-8(15)5-12-10(16)7-3-2-4-19-7/h2-4,6,9,14H,5H2,1H3,(H,12,16)(H,13,15)(H,17,18)/t6-,9+/m1/s1. The molecule has 4 N–H and O–H groups in total. The molecule has 0 aliphatic heterocycles. The Hall–Kier alpha value is -1.93. The summed E-state index contributed by atoms with van der Waals surface area (Å²) in [7, 11) is 0. The fourth-order valence-electron chi connectivity index (χ4n) is 1.27. The highest BCUT2D eigenvalue weighted by molar-refractivity contribution is 7.12. The van der Waals surface area contributed by atoms with Gasteiger partial charge in [-0.15, -0.1) is 11.3 Å². The summed E-state index contributed by atoms with van der Waals surface area (Å²) < 4.78 is 0. The Labute approximate surface area is 113 Å². The minimum atomic E-state index is -1.40. The maximum Gasteiger partial charge on any atom is 0.328 e. The molecule has 8 heteroatoms. The number of carboxylic acid groups (broad SMARTS) is 1. The number of aliphatic carboxylic acids is 1. The highest BCUT2D eigenvalue weighted by Gasteiger charge is 2.24. The van der Waals surface area contributed by atoms with Gasteiger partial charge in [0, 0.05) is 0 Å². The van der Waals surface area contributed by atoms with Gasteiger partial charge >= 0.3 is 5.97 Å². The summed E-state index contributed by atoms with van der Waals surface area (Å²) in [5.74, 6) is -2.43. The molecule has 1 rings (SSSR count). The number of carbonyl (C=O) groups is 3. The van der Waals surface area contributed by atoms with Crippen LogP contribution in [0.3, 0.4) is 0 Å². The molecule has 0 spiro atoms. The molecule has 0 fully saturated rings. The van der Waals surface area contributed by atoms with E-state index in [4.69, 9.17) is 5.11 Å². The molecular formula is C11H14N2O5S. The molecular weight excluding hydrogens is 272 g/mol. The highest BCUT2D eigenvalue weighted by Crippen LogP contribution is 2.07. The Kier molecular flexibility index (Phi) is 5.46. The second-order valence-corrected chi connectivity index (χ2v) is 4.73. The molecule has 0 radical (unpaired) electrons. The fourth-order valence-corrected chi connectivity index (χ4v) is 1.91. The Morgan fingerprint density at radius 2 is 2.11 bits per heavy atom. The highest BCUT2D eigenvalue weighted by atomic mass is 32.1. The van der Waals surface area contributed by atoms with Crippen LogP contribution in [0.5, 0.6) is 0 Å². The monoisotopic (exact) mass is 286 g/mol. The average Bonchev–Trinajstić information content (AvgIpc) is 2.85. The summed E-state index contributed by atoms with van der Waals surface area (Å²) >= 11 is 1.23. The number of carbonyl (C=O) groups excluding carboxylic acids is 2. The lowest BCUT2D eigenvalue weighted by molar-refractivity contribution is -0.144. The molecule has 1 aromatic heterocycles. The third kappa shape index (κ3) is 4.68. The summed E-state index contributed by atoms with van der Waals surface area (Å²) in [5, 5.41) is 24.1. The number of amides is 2. The average molecular weight is 286 g/mol. The number of hydrogen-bond donors (Lipinski definition) is 4. The molecule has 1 heterocycles. The Morgan fingerprint density at radius 3 is 2.58 bits per heavy atom. The van der Waals surface area contributed by atoms with Crippen LogP contribution >= 0.6 is 11.3 Å². The molecule has 2 amide bonds. The number of rotatable bonds is 6. The summed E-state index contributed by atoms with van der Waals surface area (Å²) in [4.78, 5) is 34.2. The van der Waals surface area contributed by atoms with E-state index in [0.717, 1.165) is 0 Å². The van der Waals surface area contributed by atoms with Crippen molar-refractivity contribution in [3.8, 4) is 0 Å². The lowest BCUT2D eigenvalue weighted by atomic mass is 10.2. The molecule has 19 heavy (non-hydrogen) atoms. The van der Waals surface area contributed by atoms with E-state index in [-0.39, 0.29) is 6.54 Å². The predicted octanol–water partition coefficient (Wildman–Crippen LogP) is -0.572. The number of hydrogen-bond acceptors (Lipinski definition) is 5. The first-order chi connectivity index (χ1) is 8.91. The van der Waals surface area contributed by atoms with Crippen LogP contribution in [0, 0.1) is 0 Å². The molecule has 0 aliphatic carbocycles. The second-order valence-electron chi connectivity index (χ2n) is 3.78. The van der Waals surface area contributed by atoms with Crippen LogP contribution in [-0.2, 0) is 9.59 Å². The minimum Gasteiger partial charge on any atom is -0.480 e. The lowest BCUT2D eigenvalue weighted by Crippen LogP contribution is -2.50. The van der Waals surface area contributed by atoms with Crippen molar-refractivity contribution >= 4 is 29.1 Å². The summed E-state index contributed by atoms with van der Waals surface area (Å²) in [5.41, 5.74) is 0. The normalized spacial score (nSPS) is 13.4. The topological polar surface area (TPSA) is 116 Å². The molecule has 0 saturated carbocycles.